The zero-order chi connectivity index (χ0) is 24.3. The highest BCUT2D eigenvalue weighted by Crippen LogP contribution is 2.49. The lowest BCUT2D eigenvalue weighted by molar-refractivity contribution is 0.255. The molecule has 5 rings (SSSR count). The Bertz CT molecular complexity index is 1350. The number of aliphatic hydroxyl groups excluding tert-OH is 1. The normalized spacial score (nSPS) is 13.8. The predicted octanol–water partition coefficient (Wildman–Crippen LogP) is 5.52. The molecule has 7 nitrogen and oxygen atoms in total. The fourth-order valence-corrected chi connectivity index (χ4v) is 4.36. The van der Waals surface area contributed by atoms with E-state index in [-0.39, 0.29) is 18.1 Å². The second-order valence-electron chi connectivity index (χ2n) is 8.85. The highest BCUT2D eigenvalue weighted by atomic mass is 16.5. The molecular formula is C28H28N4O3. The number of carbonyl (C=O) groups excluding carboxylic acids is 1. The van der Waals surface area contributed by atoms with Gasteiger partial charge in [0.15, 0.2) is 0 Å². The SMILES string of the molecule is COc1ccc(C2(CO)CC2)cc1NC(=O)Nc1ccc(NCc2ccncc2)c2ccccc12. The molecule has 2 amide bonds. The summed E-state index contributed by atoms with van der Waals surface area (Å²) in [5, 5.41) is 21.1. The number of pyridine rings is 1. The Morgan fingerprint density at radius 2 is 1.63 bits per heavy atom. The first kappa shape index (κ1) is 22.7. The summed E-state index contributed by atoms with van der Waals surface area (Å²) in [5.74, 6) is 0.568. The number of urea groups is 1. The van der Waals surface area contributed by atoms with E-state index in [0.29, 0.717) is 23.7 Å². The topological polar surface area (TPSA) is 95.5 Å². The molecule has 0 radical (unpaired) electrons. The van der Waals surface area contributed by atoms with Crippen LogP contribution < -0.4 is 20.7 Å². The number of hydrogen-bond acceptors (Lipinski definition) is 5. The minimum atomic E-state index is -0.364. The first-order valence-electron chi connectivity index (χ1n) is 11.6. The number of benzene rings is 3. The monoisotopic (exact) mass is 468 g/mol. The Kier molecular flexibility index (Phi) is 6.25. The lowest BCUT2D eigenvalue weighted by Crippen LogP contribution is -2.21. The van der Waals surface area contributed by atoms with E-state index in [0.717, 1.165) is 40.4 Å². The van der Waals surface area contributed by atoms with Crippen molar-refractivity contribution >= 4 is 33.9 Å². The van der Waals surface area contributed by atoms with E-state index in [4.69, 9.17) is 4.74 Å². The molecule has 1 aromatic heterocycles. The number of nitrogens with zero attached hydrogens (tertiary/aromatic N) is 1. The van der Waals surface area contributed by atoms with Gasteiger partial charge in [-0.25, -0.2) is 4.79 Å². The van der Waals surface area contributed by atoms with E-state index in [2.05, 4.69) is 20.9 Å². The maximum absolute atomic E-state index is 13.0. The van der Waals surface area contributed by atoms with Gasteiger partial charge in [0.1, 0.15) is 5.75 Å². The molecular weight excluding hydrogens is 440 g/mol. The third kappa shape index (κ3) is 4.76. The molecule has 1 heterocycles. The van der Waals surface area contributed by atoms with Gasteiger partial charge in [-0.05, 0) is 60.4 Å². The molecule has 178 valence electrons. The van der Waals surface area contributed by atoms with Crippen molar-refractivity contribution in [1.82, 2.24) is 4.98 Å². The van der Waals surface area contributed by atoms with Gasteiger partial charge in [-0.3, -0.25) is 4.98 Å². The first-order chi connectivity index (χ1) is 17.1. The van der Waals surface area contributed by atoms with Crippen molar-refractivity contribution in [2.24, 2.45) is 0 Å². The molecule has 1 saturated carbocycles. The average molecular weight is 469 g/mol. The molecule has 4 N–H and O–H groups in total. The summed E-state index contributed by atoms with van der Waals surface area (Å²) in [6.07, 6.45) is 5.43. The van der Waals surface area contributed by atoms with Crippen molar-refractivity contribution in [3.8, 4) is 5.75 Å². The van der Waals surface area contributed by atoms with E-state index in [9.17, 15) is 9.90 Å². The number of rotatable bonds is 8. The number of methoxy groups -OCH3 is 1. The van der Waals surface area contributed by atoms with Crippen molar-refractivity contribution in [2.45, 2.75) is 24.8 Å². The molecule has 3 aromatic carbocycles. The van der Waals surface area contributed by atoms with Crippen LogP contribution in [0, 0.1) is 0 Å². The Hall–Kier alpha value is -4.10. The molecule has 0 atom stereocenters. The summed E-state index contributed by atoms with van der Waals surface area (Å²) in [6, 6.07) is 21.1. The third-order valence-corrected chi connectivity index (χ3v) is 6.62. The van der Waals surface area contributed by atoms with E-state index >= 15 is 0 Å². The van der Waals surface area contributed by atoms with Crippen LogP contribution in [0.3, 0.4) is 0 Å². The fraction of sp³-hybridized carbons (Fsp3) is 0.214. The van der Waals surface area contributed by atoms with Crippen LogP contribution in [0.1, 0.15) is 24.0 Å². The zero-order valence-corrected chi connectivity index (χ0v) is 19.5. The van der Waals surface area contributed by atoms with E-state index in [1.165, 1.54) is 0 Å². The van der Waals surface area contributed by atoms with Crippen molar-refractivity contribution < 1.29 is 14.6 Å². The average Bonchev–Trinajstić information content (AvgIpc) is 3.70. The molecule has 0 unspecified atom stereocenters. The number of nitrogens with one attached hydrogen (secondary N) is 3. The summed E-state index contributed by atoms with van der Waals surface area (Å²) in [5.41, 5.74) is 4.20. The van der Waals surface area contributed by atoms with Gasteiger partial charge in [0, 0.05) is 40.8 Å². The van der Waals surface area contributed by atoms with Gasteiger partial charge in [0.05, 0.1) is 25.1 Å². The van der Waals surface area contributed by atoms with Crippen molar-refractivity contribution in [1.29, 1.82) is 0 Å². The molecule has 7 heteroatoms. The Balaban J connectivity index is 1.35. The standard InChI is InChI=1S/C28H28N4O3/c1-35-26-9-6-20(28(18-33)12-13-28)16-25(26)32-27(34)31-24-8-7-23(21-4-2-3-5-22(21)24)30-17-19-10-14-29-15-11-19/h2-11,14-16,30,33H,12-13,17-18H2,1H3,(H2,31,32,34). The number of aromatic nitrogens is 1. The van der Waals surface area contributed by atoms with Gasteiger partial charge in [-0.15, -0.1) is 0 Å². The maximum Gasteiger partial charge on any atom is 0.323 e. The van der Waals surface area contributed by atoms with Crippen LogP contribution in [0.2, 0.25) is 0 Å². The predicted molar refractivity (Wildman–Crippen MR) is 139 cm³/mol. The zero-order valence-electron chi connectivity index (χ0n) is 19.5. The van der Waals surface area contributed by atoms with Gasteiger partial charge >= 0.3 is 6.03 Å². The van der Waals surface area contributed by atoms with Crippen LogP contribution in [-0.4, -0.2) is 29.8 Å². The number of hydrogen-bond donors (Lipinski definition) is 4. The van der Waals surface area contributed by atoms with Crippen LogP contribution in [0.15, 0.2) is 79.1 Å². The Labute approximate surface area is 204 Å². The maximum atomic E-state index is 13.0. The highest BCUT2D eigenvalue weighted by molar-refractivity contribution is 6.09. The van der Waals surface area contributed by atoms with Gasteiger partial charge < -0.3 is 25.8 Å². The Morgan fingerprint density at radius 3 is 2.31 bits per heavy atom. The van der Waals surface area contributed by atoms with Crippen LogP contribution in [0.4, 0.5) is 21.9 Å². The number of fused-ring (bicyclic) bond motifs is 1. The number of carbonyl (C=O) groups is 1. The summed E-state index contributed by atoms with van der Waals surface area (Å²) in [7, 11) is 1.57. The minimum Gasteiger partial charge on any atom is -0.495 e. The number of anilines is 3. The number of amides is 2. The molecule has 1 fully saturated rings. The largest absolute Gasteiger partial charge is 0.495 e. The van der Waals surface area contributed by atoms with Gasteiger partial charge in [-0.2, -0.15) is 0 Å². The van der Waals surface area contributed by atoms with Crippen LogP contribution in [0.25, 0.3) is 10.8 Å². The summed E-state index contributed by atoms with van der Waals surface area (Å²) >= 11 is 0. The molecule has 0 bridgehead atoms. The van der Waals surface area contributed by atoms with E-state index < -0.39 is 0 Å². The number of aliphatic hydroxyl groups is 1. The lowest BCUT2D eigenvalue weighted by atomic mass is 9.96. The summed E-state index contributed by atoms with van der Waals surface area (Å²) in [4.78, 5) is 17.0. The summed E-state index contributed by atoms with van der Waals surface area (Å²) < 4.78 is 5.45. The highest BCUT2D eigenvalue weighted by Gasteiger charge is 2.43. The van der Waals surface area contributed by atoms with Crippen molar-refractivity contribution in [3.05, 3.63) is 90.3 Å². The fourth-order valence-electron chi connectivity index (χ4n) is 4.36. The van der Waals surface area contributed by atoms with Gasteiger partial charge in [0.25, 0.3) is 0 Å². The molecule has 35 heavy (non-hydrogen) atoms. The second-order valence-corrected chi connectivity index (χ2v) is 8.85. The Morgan fingerprint density at radius 1 is 0.943 bits per heavy atom. The third-order valence-electron chi connectivity index (χ3n) is 6.62. The van der Waals surface area contributed by atoms with Gasteiger partial charge in [-0.1, -0.05) is 30.3 Å². The molecule has 1 aliphatic carbocycles. The molecule has 0 aliphatic heterocycles. The van der Waals surface area contributed by atoms with Crippen LogP contribution >= 0.6 is 0 Å². The number of ether oxygens (including phenoxy) is 1. The lowest BCUT2D eigenvalue weighted by Gasteiger charge is -2.18. The first-order valence-corrected chi connectivity index (χ1v) is 11.6. The van der Waals surface area contributed by atoms with Crippen molar-refractivity contribution in [2.75, 3.05) is 29.7 Å². The quantitative estimate of drug-likeness (QED) is 0.273. The van der Waals surface area contributed by atoms with Crippen LogP contribution in [-0.2, 0) is 12.0 Å². The minimum absolute atomic E-state index is 0.0957. The second kappa shape index (κ2) is 9.64. The van der Waals surface area contributed by atoms with Crippen LogP contribution in [0.5, 0.6) is 5.75 Å². The molecule has 0 saturated heterocycles. The molecule has 0 spiro atoms. The van der Waals surface area contributed by atoms with E-state index in [1.807, 2.05) is 66.7 Å². The molecule has 1 aliphatic rings. The molecule has 4 aromatic rings. The summed E-state index contributed by atoms with van der Waals surface area (Å²) in [6.45, 7) is 0.768. The smallest absolute Gasteiger partial charge is 0.323 e. The van der Waals surface area contributed by atoms with Crippen molar-refractivity contribution in [3.63, 3.8) is 0 Å². The van der Waals surface area contributed by atoms with Gasteiger partial charge in [0.2, 0.25) is 0 Å². The van der Waals surface area contributed by atoms with E-state index in [1.54, 1.807) is 19.5 Å².